The molecule has 0 aromatic carbocycles. The van der Waals surface area contributed by atoms with Crippen molar-refractivity contribution in [1.29, 1.82) is 0 Å². The molecule has 0 aromatic heterocycles. The van der Waals surface area contributed by atoms with Gasteiger partial charge in [0.2, 0.25) is 0 Å². The fourth-order valence-corrected chi connectivity index (χ4v) is 3.63. The van der Waals surface area contributed by atoms with Crippen LogP contribution in [0, 0.1) is 0 Å². The maximum absolute atomic E-state index is 5.74. The molecule has 0 amide bonds. The van der Waals surface area contributed by atoms with Crippen molar-refractivity contribution in [3.63, 3.8) is 0 Å². The normalized spacial score (nSPS) is 12.5. The summed E-state index contributed by atoms with van der Waals surface area (Å²) in [4.78, 5) is 0. The molecule has 0 spiro atoms. The molecular weight excluding hydrogens is 313 g/mol. The van der Waals surface area contributed by atoms with E-state index in [9.17, 15) is 0 Å². The van der Waals surface area contributed by atoms with E-state index in [1.165, 1.54) is 96.1 Å². The monoisotopic (exact) mass is 360 g/mol. The highest BCUT2D eigenvalue weighted by molar-refractivity contribution is 7.32. The summed E-state index contributed by atoms with van der Waals surface area (Å²) in [6, 6.07) is 0. The largest absolute Gasteiger partial charge is 0.357 e. The van der Waals surface area contributed by atoms with Crippen molar-refractivity contribution in [2.45, 2.75) is 96.8 Å². The minimum Gasteiger partial charge on any atom is -0.357 e. The van der Waals surface area contributed by atoms with Crippen molar-refractivity contribution in [3.8, 4) is 0 Å². The van der Waals surface area contributed by atoms with Crippen LogP contribution >= 0.6 is 8.81 Å². The minimum atomic E-state index is 0.719. The number of unbranched alkanes of at least 4 members (excludes halogenated alkanes) is 13. The second-order valence-corrected chi connectivity index (χ2v) is 9.43. The van der Waals surface area contributed by atoms with E-state index in [2.05, 4.69) is 28.1 Å². The molecule has 0 aliphatic rings. The maximum Gasteiger partial charge on any atom is 0.102 e. The molecule has 0 rings (SSSR count). The first-order valence-corrected chi connectivity index (χ1v) is 11.8. The zero-order valence-corrected chi connectivity index (χ0v) is 18.4. The lowest BCUT2D eigenvalue weighted by Crippen LogP contribution is -2.37. The first kappa shape index (κ1) is 24.4. The van der Waals surface area contributed by atoms with Gasteiger partial charge in [-0.15, -0.1) is 0 Å². The summed E-state index contributed by atoms with van der Waals surface area (Å²) < 4.78 is 6.74. The second-order valence-electron chi connectivity index (χ2n) is 8.35. The molecule has 3 heteroatoms. The molecule has 0 fully saturated rings. The fourth-order valence-electron chi connectivity index (χ4n) is 2.86. The Bertz CT molecular complexity index is 240. The van der Waals surface area contributed by atoms with E-state index in [4.69, 9.17) is 4.52 Å². The van der Waals surface area contributed by atoms with Gasteiger partial charge in [0.1, 0.15) is 6.54 Å². The SMILES string of the molecule is CCCCCCCCCCCCCCCCPOCC[N+](C)(C)C. The van der Waals surface area contributed by atoms with Gasteiger partial charge in [-0.05, 0) is 12.6 Å². The zero-order valence-electron chi connectivity index (χ0n) is 17.4. The van der Waals surface area contributed by atoms with Crippen LogP contribution in [0.25, 0.3) is 0 Å². The van der Waals surface area contributed by atoms with Crippen LogP contribution in [0.5, 0.6) is 0 Å². The molecule has 0 radical (unpaired) electrons. The molecular formula is C21H47NOP+. The van der Waals surface area contributed by atoms with Crippen molar-refractivity contribution >= 4 is 8.81 Å². The van der Waals surface area contributed by atoms with Gasteiger partial charge in [0.15, 0.2) is 0 Å². The molecule has 24 heavy (non-hydrogen) atoms. The number of nitrogens with zero attached hydrogens (tertiary/aromatic N) is 1. The van der Waals surface area contributed by atoms with Crippen molar-refractivity contribution in [2.75, 3.05) is 40.5 Å². The van der Waals surface area contributed by atoms with Gasteiger partial charge in [-0.3, -0.25) is 0 Å². The zero-order chi connectivity index (χ0) is 17.9. The van der Waals surface area contributed by atoms with Gasteiger partial charge in [0.25, 0.3) is 0 Å². The highest BCUT2D eigenvalue weighted by atomic mass is 31.1. The van der Waals surface area contributed by atoms with Gasteiger partial charge < -0.3 is 9.01 Å². The lowest BCUT2D eigenvalue weighted by Gasteiger charge is -2.23. The van der Waals surface area contributed by atoms with Gasteiger partial charge in [-0.25, -0.2) is 0 Å². The van der Waals surface area contributed by atoms with E-state index < -0.39 is 0 Å². The van der Waals surface area contributed by atoms with Crippen molar-refractivity contribution in [2.24, 2.45) is 0 Å². The number of hydrogen-bond donors (Lipinski definition) is 0. The van der Waals surface area contributed by atoms with Gasteiger partial charge >= 0.3 is 0 Å². The Labute approximate surface area is 155 Å². The average Bonchev–Trinajstić information content (AvgIpc) is 2.52. The summed E-state index contributed by atoms with van der Waals surface area (Å²) in [5.74, 6) is 0. The first-order valence-electron chi connectivity index (χ1n) is 10.7. The number of hydrogen-bond acceptors (Lipinski definition) is 1. The van der Waals surface area contributed by atoms with Crippen LogP contribution in [-0.2, 0) is 4.52 Å². The van der Waals surface area contributed by atoms with Gasteiger partial charge in [-0.1, -0.05) is 90.4 Å². The Kier molecular flexibility index (Phi) is 18.4. The van der Waals surface area contributed by atoms with E-state index in [1.807, 2.05) is 0 Å². The third-order valence-corrected chi connectivity index (χ3v) is 5.56. The lowest BCUT2D eigenvalue weighted by atomic mass is 10.0. The van der Waals surface area contributed by atoms with Gasteiger partial charge in [0, 0.05) is 8.81 Å². The predicted octanol–water partition coefficient (Wildman–Crippen LogP) is 6.78. The molecule has 0 heterocycles. The number of quaternary nitrogens is 1. The van der Waals surface area contributed by atoms with Crippen molar-refractivity contribution in [3.05, 3.63) is 0 Å². The van der Waals surface area contributed by atoms with Crippen molar-refractivity contribution < 1.29 is 9.01 Å². The summed E-state index contributed by atoms with van der Waals surface area (Å²) in [6.07, 6.45) is 21.4. The van der Waals surface area contributed by atoms with Crippen LogP contribution in [0.1, 0.15) is 96.8 Å². The summed E-state index contributed by atoms with van der Waals surface area (Å²) in [5, 5.41) is 0. The average molecular weight is 361 g/mol. The van der Waals surface area contributed by atoms with Gasteiger partial charge in [-0.2, -0.15) is 0 Å². The van der Waals surface area contributed by atoms with Crippen LogP contribution < -0.4 is 0 Å². The van der Waals surface area contributed by atoms with E-state index in [0.717, 1.165) is 26.4 Å². The van der Waals surface area contributed by atoms with Gasteiger partial charge in [0.05, 0.1) is 27.7 Å². The number of rotatable bonds is 19. The highest BCUT2D eigenvalue weighted by Gasteiger charge is 2.05. The van der Waals surface area contributed by atoms with Crippen LogP contribution in [-0.4, -0.2) is 44.9 Å². The first-order chi connectivity index (χ1) is 11.6. The molecule has 146 valence electrons. The van der Waals surface area contributed by atoms with Crippen LogP contribution in [0.4, 0.5) is 0 Å². The molecule has 0 aromatic rings. The quantitative estimate of drug-likeness (QED) is 0.140. The fraction of sp³-hybridized carbons (Fsp3) is 1.00. The number of likely N-dealkylation sites (N-methyl/N-ethyl adjacent to an activating group) is 1. The molecule has 0 saturated heterocycles. The molecule has 2 nitrogen and oxygen atoms in total. The summed E-state index contributed by atoms with van der Waals surface area (Å²) >= 11 is 0. The molecule has 0 aliphatic carbocycles. The molecule has 1 unspecified atom stereocenters. The summed E-state index contributed by atoms with van der Waals surface area (Å²) in [7, 11) is 7.39. The molecule has 0 aliphatic heterocycles. The van der Waals surface area contributed by atoms with Crippen LogP contribution in [0.2, 0.25) is 0 Å². The topological polar surface area (TPSA) is 9.23 Å². The summed E-state index contributed by atoms with van der Waals surface area (Å²) in [6.45, 7) is 4.33. The standard InChI is InChI=1S/C21H47NOP/c1-5-6-7-8-9-10-11-12-13-14-15-16-17-18-21-24-23-20-19-22(2,3)4/h24H,5-21H2,1-4H3/q+1. The van der Waals surface area contributed by atoms with E-state index in [0.29, 0.717) is 0 Å². The lowest BCUT2D eigenvalue weighted by molar-refractivity contribution is -0.870. The predicted molar refractivity (Wildman–Crippen MR) is 112 cm³/mol. The van der Waals surface area contributed by atoms with E-state index in [1.54, 1.807) is 0 Å². The molecule has 0 bridgehead atoms. The Hall–Kier alpha value is 0.350. The minimum absolute atomic E-state index is 0.719. The maximum atomic E-state index is 5.74. The molecule has 1 atom stereocenters. The highest BCUT2D eigenvalue weighted by Crippen LogP contribution is 2.17. The Morgan fingerprint density at radius 1 is 0.625 bits per heavy atom. The molecule has 0 saturated carbocycles. The van der Waals surface area contributed by atoms with Crippen LogP contribution in [0.3, 0.4) is 0 Å². The molecule has 0 N–H and O–H groups in total. The Morgan fingerprint density at radius 2 is 1.04 bits per heavy atom. The summed E-state index contributed by atoms with van der Waals surface area (Å²) in [5.41, 5.74) is 0. The smallest absolute Gasteiger partial charge is 0.102 e. The third-order valence-electron chi connectivity index (χ3n) is 4.60. The second kappa shape index (κ2) is 18.2. The Balaban J connectivity index is 3.00. The third kappa shape index (κ3) is 22.4. The van der Waals surface area contributed by atoms with Crippen LogP contribution in [0.15, 0.2) is 0 Å². The van der Waals surface area contributed by atoms with E-state index in [-0.39, 0.29) is 0 Å². The van der Waals surface area contributed by atoms with E-state index >= 15 is 0 Å². The Morgan fingerprint density at radius 3 is 1.46 bits per heavy atom. The van der Waals surface area contributed by atoms with Crippen molar-refractivity contribution in [1.82, 2.24) is 0 Å².